The lowest BCUT2D eigenvalue weighted by atomic mass is 9.59. The average molecular weight is 239 g/mol. The molecule has 2 saturated heterocycles. The number of ether oxygens (including phenoxy) is 1. The Morgan fingerprint density at radius 3 is 2.71 bits per heavy atom. The van der Waals surface area contributed by atoms with Gasteiger partial charge in [-0.25, -0.2) is 0 Å². The minimum Gasteiger partial charge on any atom is -0.389 e. The minimum absolute atomic E-state index is 0.146. The maximum Gasteiger partial charge on any atom is 0.0769 e. The van der Waals surface area contributed by atoms with E-state index in [1.165, 1.54) is 6.42 Å². The van der Waals surface area contributed by atoms with Gasteiger partial charge in [-0.1, -0.05) is 19.8 Å². The minimum atomic E-state index is -0.559. The van der Waals surface area contributed by atoms with E-state index in [-0.39, 0.29) is 11.5 Å². The largest absolute Gasteiger partial charge is 0.389 e. The van der Waals surface area contributed by atoms with E-state index < -0.39 is 5.60 Å². The second-order valence-electron chi connectivity index (χ2n) is 6.31. The number of hydrogen-bond acceptors (Lipinski definition) is 3. The summed E-state index contributed by atoms with van der Waals surface area (Å²) >= 11 is 0. The Bertz CT molecular complexity index is 309. The summed E-state index contributed by atoms with van der Waals surface area (Å²) in [6, 6.07) is 0. The monoisotopic (exact) mass is 239 g/mol. The van der Waals surface area contributed by atoms with E-state index in [4.69, 9.17) is 10.5 Å². The fraction of sp³-hybridized carbons (Fsp3) is 1.00. The van der Waals surface area contributed by atoms with Crippen molar-refractivity contribution >= 4 is 0 Å². The van der Waals surface area contributed by atoms with Crippen molar-refractivity contribution < 1.29 is 9.84 Å². The van der Waals surface area contributed by atoms with E-state index in [9.17, 15) is 5.11 Å². The Hall–Kier alpha value is -0.120. The van der Waals surface area contributed by atoms with Crippen LogP contribution in [0.4, 0.5) is 0 Å². The second kappa shape index (κ2) is 3.94. The number of rotatable bonds is 3. The predicted octanol–water partition coefficient (Wildman–Crippen LogP) is 1.82. The normalized spacial score (nSPS) is 53.5. The lowest BCUT2D eigenvalue weighted by molar-refractivity contribution is -0.135. The molecular weight excluding hydrogens is 214 g/mol. The fourth-order valence-electron chi connectivity index (χ4n) is 4.91. The first-order chi connectivity index (χ1) is 8.16. The highest BCUT2D eigenvalue weighted by atomic mass is 16.5. The van der Waals surface area contributed by atoms with E-state index in [1.807, 2.05) is 0 Å². The Balaban J connectivity index is 1.95. The molecule has 3 nitrogen and oxygen atoms in total. The first kappa shape index (κ1) is 11.9. The van der Waals surface area contributed by atoms with Gasteiger partial charge in [-0.05, 0) is 38.0 Å². The highest BCUT2D eigenvalue weighted by molar-refractivity contribution is 5.14. The van der Waals surface area contributed by atoms with Gasteiger partial charge in [0.05, 0.1) is 17.8 Å². The molecule has 2 aliphatic heterocycles. The number of aliphatic hydroxyl groups is 1. The predicted molar refractivity (Wildman–Crippen MR) is 66.6 cm³/mol. The zero-order valence-electron chi connectivity index (χ0n) is 10.8. The van der Waals surface area contributed by atoms with Crippen molar-refractivity contribution in [2.45, 2.75) is 69.7 Å². The van der Waals surface area contributed by atoms with Crippen molar-refractivity contribution in [2.24, 2.45) is 17.1 Å². The van der Waals surface area contributed by atoms with Crippen molar-refractivity contribution in [1.82, 2.24) is 0 Å². The van der Waals surface area contributed by atoms with Crippen molar-refractivity contribution in [2.75, 3.05) is 6.54 Å². The Kier molecular flexibility index (Phi) is 2.77. The third-order valence-electron chi connectivity index (χ3n) is 5.82. The third-order valence-corrected chi connectivity index (χ3v) is 5.82. The van der Waals surface area contributed by atoms with Crippen molar-refractivity contribution in [3.05, 3.63) is 0 Å². The molecule has 1 saturated carbocycles. The highest BCUT2D eigenvalue weighted by Gasteiger charge is 2.64. The molecule has 1 aliphatic carbocycles. The van der Waals surface area contributed by atoms with Crippen molar-refractivity contribution in [1.29, 1.82) is 0 Å². The van der Waals surface area contributed by atoms with Gasteiger partial charge in [-0.2, -0.15) is 0 Å². The van der Waals surface area contributed by atoms with Crippen LogP contribution in [0, 0.1) is 11.3 Å². The molecule has 0 aromatic carbocycles. The Morgan fingerprint density at radius 1 is 1.35 bits per heavy atom. The summed E-state index contributed by atoms with van der Waals surface area (Å²) in [6.45, 7) is 2.78. The van der Waals surface area contributed by atoms with Gasteiger partial charge in [0.25, 0.3) is 0 Å². The molecule has 0 aromatic rings. The van der Waals surface area contributed by atoms with Gasteiger partial charge in [0, 0.05) is 12.0 Å². The second-order valence-corrected chi connectivity index (χ2v) is 6.31. The first-order valence-corrected chi connectivity index (χ1v) is 7.24. The summed E-state index contributed by atoms with van der Waals surface area (Å²) in [5, 5.41) is 11.3. The van der Waals surface area contributed by atoms with Gasteiger partial charge in [-0.3, -0.25) is 0 Å². The molecule has 3 aliphatic rings. The number of hydrogen-bond donors (Lipinski definition) is 2. The fourth-order valence-corrected chi connectivity index (χ4v) is 4.91. The molecule has 17 heavy (non-hydrogen) atoms. The molecule has 3 N–H and O–H groups in total. The smallest absolute Gasteiger partial charge is 0.0769 e. The maximum atomic E-state index is 11.3. The summed E-state index contributed by atoms with van der Waals surface area (Å²) in [5.74, 6) is 0.425. The van der Waals surface area contributed by atoms with Crippen LogP contribution < -0.4 is 5.73 Å². The van der Waals surface area contributed by atoms with Gasteiger partial charge < -0.3 is 15.6 Å². The van der Waals surface area contributed by atoms with Crippen LogP contribution >= 0.6 is 0 Å². The van der Waals surface area contributed by atoms with E-state index in [2.05, 4.69) is 6.92 Å². The zero-order chi connectivity index (χ0) is 12.1. The molecule has 0 amide bonds. The van der Waals surface area contributed by atoms with Crippen molar-refractivity contribution in [3.8, 4) is 0 Å². The zero-order valence-corrected chi connectivity index (χ0v) is 10.8. The van der Waals surface area contributed by atoms with Gasteiger partial charge in [0.1, 0.15) is 0 Å². The van der Waals surface area contributed by atoms with E-state index >= 15 is 0 Å². The Labute approximate surface area is 104 Å². The molecule has 2 bridgehead atoms. The van der Waals surface area contributed by atoms with Gasteiger partial charge >= 0.3 is 0 Å². The molecule has 0 spiro atoms. The summed E-state index contributed by atoms with van der Waals surface area (Å²) in [4.78, 5) is 0. The van der Waals surface area contributed by atoms with Crippen LogP contribution in [0.3, 0.4) is 0 Å². The summed E-state index contributed by atoms with van der Waals surface area (Å²) < 4.78 is 6.01. The molecule has 3 rings (SSSR count). The van der Waals surface area contributed by atoms with Crippen LogP contribution in [0.5, 0.6) is 0 Å². The lowest BCUT2D eigenvalue weighted by Crippen LogP contribution is -2.59. The van der Waals surface area contributed by atoms with Gasteiger partial charge in [0.15, 0.2) is 0 Å². The SMILES string of the molecule is CCC1CCCC1(O)C1(CN)CC2CCC1O2. The quantitative estimate of drug-likeness (QED) is 0.790. The summed E-state index contributed by atoms with van der Waals surface area (Å²) in [7, 11) is 0. The number of fused-ring (bicyclic) bond motifs is 2. The molecule has 98 valence electrons. The standard InChI is InChI=1S/C14H25NO2/c1-2-10-4-3-7-14(10,16)13(9-15)8-11-5-6-12(13)17-11/h10-12,16H,2-9,15H2,1H3. The van der Waals surface area contributed by atoms with Crippen LogP contribution in [-0.4, -0.2) is 29.5 Å². The molecule has 3 fully saturated rings. The average Bonchev–Trinajstić information content (AvgIpc) is 3.02. The topological polar surface area (TPSA) is 55.5 Å². The van der Waals surface area contributed by atoms with Crippen LogP contribution in [0.15, 0.2) is 0 Å². The molecule has 2 heterocycles. The molecule has 5 atom stereocenters. The summed E-state index contributed by atoms with van der Waals surface area (Å²) in [6.07, 6.45) is 8.13. The Morgan fingerprint density at radius 2 is 2.18 bits per heavy atom. The molecule has 3 heteroatoms. The number of nitrogens with two attached hydrogens (primary N) is 1. The molecule has 0 radical (unpaired) electrons. The van der Waals surface area contributed by atoms with E-state index in [0.717, 1.165) is 38.5 Å². The summed E-state index contributed by atoms with van der Waals surface area (Å²) in [5.41, 5.74) is 5.39. The van der Waals surface area contributed by atoms with Gasteiger partial charge in [-0.15, -0.1) is 0 Å². The van der Waals surface area contributed by atoms with Crippen LogP contribution in [-0.2, 0) is 4.74 Å². The molecule has 0 aromatic heterocycles. The third kappa shape index (κ3) is 1.39. The van der Waals surface area contributed by atoms with Crippen LogP contribution in [0.1, 0.15) is 51.9 Å². The maximum absolute atomic E-state index is 11.3. The van der Waals surface area contributed by atoms with Crippen molar-refractivity contribution in [3.63, 3.8) is 0 Å². The highest BCUT2D eigenvalue weighted by Crippen LogP contribution is 2.59. The van der Waals surface area contributed by atoms with Crippen LogP contribution in [0.2, 0.25) is 0 Å². The van der Waals surface area contributed by atoms with E-state index in [1.54, 1.807) is 0 Å². The lowest BCUT2D eigenvalue weighted by Gasteiger charge is -2.49. The van der Waals surface area contributed by atoms with E-state index in [0.29, 0.717) is 18.6 Å². The molecular formula is C14H25NO2. The first-order valence-electron chi connectivity index (χ1n) is 7.24. The van der Waals surface area contributed by atoms with Crippen LogP contribution in [0.25, 0.3) is 0 Å². The molecule has 5 unspecified atom stereocenters. The van der Waals surface area contributed by atoms with Gasteiger partial charge in [0.2, 0.25) is 0 Å².